The Balaban J connectivity index is 2.15. The molecular formula is C21H23F4NO4. The van der Waals surface area contributed by atoms with Gasteiger partial charge in [-0.2, -0.15) is 5.26 Å². The van der Waals surface area contributed by atoms with Gasteiger partial charge in [-0.25, -0.2) is 17.6 Å². The van der Waals surface area contributed by atoms with Crippen molar-refractivity contribution in [2.75, 3.05) is 13.7 Å². The summed E-state index contributed by atoms with van der Waals surface area (Å²) >= 11 is 0. The van der Waals surface area contributed by atoms with Crippen LogP contribution in [0.1, 0.15) is 38.3 Å². The van der Waals surface area contributed by atoms with Gasteiger partial charge in [-0.1, -0.05) is 20.8 Å². The van der Waals surface area contributed by atoms with E-state index in [1.807, 2.05) is 13.0 Å². The maximum atomic E-state index is 14.2. The highest BCUT2D eigenvalue weighted by Crippen LogP contribution is 2.60. The second-order valence-electron chi connectivity index (χ2n) is 7.57. The molecule has 1 aromatic rings. The molecule has 2 rings (SSSR count). The van der Waals surface area contributed by atoms with E-state index in [-0.39, 0.29) is 11.7 Å². The summed E-state index contributed by atoms with van der Waals surface area (Å²) in [5.74, 6) is -8.28. The highest BCUT2D eigenvalue weighted by atomic mass is 19.2. The monoisotopic (exact) mass is 429 g/mol. The molecule has 0 bridgehead atoms. The Labute approximate surface area is 172 Å². The number of nitrogens with zero attached hydrogens (tertiary/aromatic N) is 1. The second kappa shape index (κ2) is 9.47. The summed E-state index contributed by atoms with van der Waals surface area (Å²) in [6.45, 7) is 4.11. The number of carbonyl (C=O) groups is 1. The van der Waals surface area contributed by atoms with Gasteiger partial charge in [0, 0.05) is 13.0 Å². The van der Waals surface area contributed by atoms with Crippen LogP contribution in [-0.2, 0) is 32.2 Å². The van der Waals surface area contributed by atoms with Crippen LogP contribution in [0, 0.1) is 51.9 Å². The fraction of sp³-hybridized carbons (Fsp3) is 0.524. The van der Waals surface area contributed by atoms with Gasteiger partial charge in [0.25, 0.3) is 0 Å². The Morgan fingerprint density at radius 3 is 2.07 bits per heavy atom. The van der Waals surface area contributed by atoms with E-state index >= 15 is 0 Å². The average Bonchev–Trinajstić information content (AvgIpc) is 3.26. The molecule has 0 unspecified atom stereocenters. The number of hydrogen-bond donors (Lipinski definition) is 0. The Bertz CT molecular complexity index is 863. The quantitative estimate of drug-likeness (QED) is 0.190. The third-order valence-electron chi connectivity index (χ3n) is 5.16. The first-order chi connectivity index (χ1) is 14.1. The Hall–Kier alpha value is -2.60. The highest BCUT2D eigenvalue weighted by molar-refractivity contribution is 5.78. The van der Waals surface area contributed by atoms with Crippen LogP contribution in [0.15, 0.2) is 11.8 Å². The van der Waals surface area contributed by atoms with Crippen molar-refractivity contribution < 1.29 is 36.6 Å². The minimum Gasteiger partial charge on any atom is -0.484 e. The van der Waals surface area contributed by atoms with Crippen molar-refractivity contribution in [1.82, 2.24) is 0 Å². The first-order valence-electron chi connectivity index (χ1n) is 9.35. The van der Waals surface area contributed by atoms with Crippen LogP contribution < -0.4 is 0 Å². The van der Waals surface area contributed by atoms with E-state index in [2.05, 4.69) is 4.74 Å². The Kier molecular flexibility index (Phi) is 7.48. The zero-order chi connectivity index (χ0) is 22.6. The number of allylic oxidation sites excluding steroid dienone is 2. The van der Waals surface area contributed by atoms with Crippen molar-refractivity contribution in [2.45, 2.75) is 40.4 Å². The topological polar surface area (TPSA) is 68.5 Å². The first kappa shape index (κ1) is 23.7. The number of methoxy groups -OCH3 is 1. The van der Waals surface area contributed by atoms with Crippen LogP contribution in [0.5, 0.6) is 0 Å². The van der Waals surface area contributed by atoms with Gasteiger partial charge >= 0.3 is 5.97 Å². The van der Waals surface area contributed by atoms with Crippen LogP contribution in [0.25, 0.3) is 0 Å². The van der Waals surface area contributed by atoms with E-state index in [1.165, 1.54) is 6.08 Å². The number of ether oxygens (including phenoxy) is 3. The van der Waals surface area contributed by atoms with Crippen molar-refractivity contribution in [3.63, 3.8) is 0 Å². The summed E-state index contributed by atoms with van der Waals surface area (Å²) < 4.78 is 71.1. The van der Waals surface area contributed by atoms with Gasteiger partial charge < -0.3 is 14.2 Å². The summed E-state index contributed by atoms with van der Waals surface area (Å²) in [5.41, 5.74) is -2.48. The maximum Gasteiger partial charge on any atom is 0.310 e. The molecule has 0 radical (unpaired) electrons. The van der Waals surface area contributed by atoms with Crippen LogP contribution in [0.4, 0.5) is 17.6 Å². The van der Waals surface area contributed by atoms with Crippen LogP contribution >= 0.6 is 0 Å². The van der Waals surface area contributed by atoms with Gasteiger partial charge in [0.05, 0.1) is 30.3 Å². The largest absolute Gasteiger partial charge is 0.484 e. The maximum absolute atomic E-state index is 14.2. The van der Waals surface area contributed by atoms with Gasteiger partial charge in [0.1, 0.15) is 12.7 Å². The van der Waals surface area contributed by atoms with Crippen molar-refractivity contribution in [3.8, 4) is 6.07 Å². The SMILES string of the molecule is CCCO/C(C#N)=C/[C@@H]1[C@@H](C(=O)OCc2c(F)c(F)c(COC)c(F)c2F)C1(C)C. The zero-order valence-electron chi connectivity index (χ0n) is 17.2. The summed E-state index contributed by atoms with van der Waals surface area (Å²) in [7, 11) is 1.12. The summed E-state index contributed by atoms with van der Waals surface area (Å²) in [6.07, 6.45) is 2.22. The normalized spacial score (nSPS) is 19.9. The number of carbonyl (C=O) groups excluding carboxylic acids is 1. The van der Waals surface area contributed by atoms with E-state index in [9.17, 15) is 22.4 Å². The van der Waals surface area contributed by atoms with Gasteiger partial charge in [-0.3, -0.25) is 4.79 Å². The molecule has 0 saturated heterocycles. The number of halogens is 4. The minimum atomic E-state index is -1.64. The Morgan fingerprint density at radius 1 is 1.07 bits per heavy atom. The fourth-order valence-electron chi connectivity index (χ4n) is 3.29. The van der Waals surface area contributed by atoms with E-state index in [1.54, 1.807) is 13.8 Å². The third-order valence-corrected chi connectivity index (χ3v) is 5.16. The number of nitriles is 1. The van der Waals surface area contributed by atoms with Gasteiger partial charge in [0.15, 0.2) is 29.0 Å². The third kappa shape index (κ3) is 4.59. The van der Waals surface area contributed by atoms with Gasteiger partial charge in [-0.05, 0) is 17.9 Å². The predicted octanol–water partition coefficient (Wildman–Crippen LogP) is 4.54. The molecule has 1 fully saturated rings. The molecule has 1 saturated carbocycles. The lowest BCUT2D eigenvalue weighted by molar-refractivity contribution is -0.147. The lowest BCUT2D eigenvalue weighted by Gasteiger charge is -2.12. The smallest absolute Gasteiger partial charge is 0.310 e. The molecule has 164 valence electrons. The van der Waals surface area contributed by atoms with Crippen LogP contribution in [0.2, 0.25) is 0 Å². The molecular weight excluding hydrogens is 406 g/mol. The van der Waals surface area contributed by atoms with E-state index < -0.39 is 64.9 Å². The van der Waals surface area contributed by atoms with Crippen LogP contribution in [-0.4, -0.2) is 19.7 Å². The number of benzene rings is 1. The zero-order valence-corrected chi connectivity index (χ0v) is 17.2. The van der Waals surface area contributed by atoms with Crippen molar-refractivity contribution in [1.29, 1.82) is 5.26 Å². The lowest BCUT2D eigenvalue weighted by atomic mass is 10.1. The number of hydrogen-bond acceptors (Lipinski definition) is 5. The molecule has 1 aliphatic rings. The number of esters is 1. The highest BCUT2D eigenvalue weighted by Gasteiger charge is 2.62. The minimum absolute atomic E-state index is 0.0696. The second-order valence-corrected chi connectivity index (χ2v) is 7.57. The van der Waals surface area contributed by atoms with Crippen molar-refractivity contribution in [3.05, 3.63) is 46.2 Å². The van der Waals surface area contributed by atoms with E-state index in [4.69, 9.17) is 14.7 Å². The molecule has 0 aliphatic heterocycles. The summed E-state index contributed by atoms with van der Waals surface area (Å²) in [6, 6.07) is 1.90. The van der Waals surface area contributed by atoms with Gasteiger partial charge in [-0.15, -0.1) is 0 Å². The number of rotatable bonds is 9. The molecule has 0 spiro atoms. The first-order valence-corrected chi connectivity index (χ1v) is 9.35. The predicted molar refractivity (Wildman–Crippen MR) is 97.5 cm³/mol. The molecule has 1 aliphatic carbocycles. The molecule has 5 nitrogen and oxygen atoms in total. The lowest BCUT2D eigenvalue weighted by Crippen LogP contribution is -2.15. The molecule has 0 heterocycles. The van der Waals surface area contributed by atoms with Crippen molar-refractivity contribution >= 4 is 5.97 Å². The molecule has 2 atom stereocenters. The Morgan fingerprint density at radius 2 is 1.60 bits per heavy atom. The fourth-order valence-corrected chi connectivity index (χ4v) is 3.29. The van der Waals surface area contributed by atoms with Crippen LogP contribution in [0.3, 0.4) is 0 Å². The standard InChI is InChI=1S/C21H23F4NO4/c1-5-6-29-11(8-26)7-14-15(21(14,2)3)20(27)30-10-13-18(24)16(22)12(9-28-4)17(23)19(13)25/h7,14-15H,5-6,9-10H2,1-4H3/b11-7+/t14-,15+/m1/s1. The van der Waals surface area contributed by atoms with Crippen molar-refractivity contribution in [2.24, 2.45) is 17.3 Å². The summed E-state index contributed by atoms with van der Waals surface area (Å²) in [4.78, 5) is 12.4. The van der Waals surface area contributed by atoms with E-state index in [0.29, 0.717) is 13.0 Å². The molecule has 1 aromatic carbocycles. The summed E-state index contributed by atoms with van der Waals surface area (Å²) in [5, 5.41) is 9.13. The molecule has 0 N–H and O–H groups in total. The van der Waals surface area contributed by atoms with Gasteiger partial charge in [0.2, 0.25) is 0 Å². The molecule has 0 amide bonds. The molecule has 0 aromatic heterocycles. The molecule has 30 heavy (non-hydrogen) atoms. The van der Waals surface area contributed by atoms with E-state index in [0.717, 1.165) is 7.11 Å². The molecule has 9 heteroatoms. The average molecular weight is 429 g/mol.